The van der Waals surface area contributed by atoms with Crippen LogP contribution in [-0.4, -0.2) is 14.5 Å². The molecule has 0 saturated heterocycles. The van der Waals surface area contributed by atoms with Crippen LogP contribution in [0.4, 0.5) is 0 Å². The van der Waals surface area contributed by atoms with Gasteiger partial charge in [-0.25, -0.2) is 0 Å². The average molecular weight is 215 g/mol. The Labute approximate surface area is 72.8 Å². The summed E-state index contributed by atoms with van der Waals surface area (Å²) in [6.07, 6.45) is 0. The van der Waals surface area contributed by atoms with Gasteiger partial charge in [0.1, 0.15) is 0 Å². The van der Waals surface area contributed by atoms with Crippen molar-refractivity contribution in [2.75, 3.05) is 0 Å². The van der Waals surface area contributed by atoms with E-state index in [1.807, 2.05) is 4.94 Å². The van der Waals surface area contributed by atoms with Crippen molar-refractivity contribution < 1.29 is 0 Å². The van der Waals surface area contributed by atoms with Gasteiger partial charge in [0.25, 0.3) is 0 Å². The molecule has 11 heavy (non-hydrogen) atoms. The van der Waals surface area contributed by atoms with E-state index in [0.29, 0.717) is 14.5 Å². The van der Waals surface area contributed by atoms with E-state index >= 15 is 0 Å². The van der Waals surface area contributed by atoms with E-state index in [0.717, 1.165) is 0 Å². The van der Waals surface area contributed by atoms with Crippen molar-refractivity contribution in [3.63, 3.8) is 0 Å². The van der Waals surface area contributed by atoms with Gasteiger partial charge in [0.2, 0.25) is 0 Å². The molecule has 2 heteroatoms. The first kappa shape index (κ1) is 8.76. The van der Waals surface area contributed by atoms with E-state index in [2.05, 4.69) is 20.8 Å². The maximum atomic E-state index is 11.0. The van der Waals surface area contributed by atoms with Crippen molar-refractivity contribution in [3.8, 4) is 0 Å². The van der Waals surface area contributed by atoms with Crippen molar-refractivity contribution in [1.82, 2.24) is 0 Å². The SMILES string of the molecule is CC(C)(C)c1cc(=O)cc[se]1. The van der Waals surface area contributed by atoms with Crippen LogP contribution in [0.2, 0.25) is 0 Å². The summed E-state index contributed by atoms with van der Waals surface area (Å²) in [4.78, 5) is 13.0. The minimum atomic E-state index is 0.142. The molecular formula is C9H12OSe. The predicted octanol–water partition coefficient (Wildman–Crippen LogP) is 1.40. The fourth-order valence-corrected chi connectivity index (χ4v) is 2.64. The second kappa shape index (κ2) is 2.96. The molecule has 0 aromatic carbocycles. The van der Waals surface area contributed by atoms with E-state index in [1.165, 1.54) is 4.44 Å². The van der Waals surface area contributed by atoms with Crippen LogP contribution >= 0.6 is 0 Å². The Morgan fingerprint density at radius 1 is 1.36 bits per heavy atom. The van der Waals surface area contributed by atoms with E-state index in [1.54, 1.807) is 12.1 Å². The van der Waals surface area contributed by atoms with Crippen LogP contribution in [0, 0.1) is 0 Å². The van der Waals surface area contributed by atoms with Crippen molar-refractivity contribution in [1.29, 1.82) is 0 Å². The molecule has 0 aliphatic rings. The fraction of sp³-hybridized carbons (Fsp3) is 0.444. The zero-order chi connectivity index (χ0) is 8.48. The molecule has 0 spiro atoms. The summed E-state index contributed by atoms with van der Waals surface area (Å²) >= 11 is 0.395. The van der Waals surface area contributed by atoms with Crippen molar-refractivity contribution in [2.24, 2.45) is 0 Å². The molecule has 1 heterocycles. The molecule has 0 bridgehead atoms. The van der Waals surface area contributed by atoms with Gasteiger partial charge in [-0.15, -0.1) is 0 Å². The van der Waals surface area contributed by atoms with Crippen LogP contribution in [0.5, 0.6) is 0 Å². The molecule has 1 aromatic heterocycles. The third-order valence-electron chi connectivity index (χ3n) is 1.44. The summed E-state index contributed by atoms with van der Waals surface area (Å²) in [5.41, 5.74) is 0.309. The topological polar surface area (TPSA) is 17.1 Å². The van der Waals surface area contributed by atoms with Gasteiger partial charge in [-0.05, 0) is 0 Å². The number of hydrogen-bond donors (Lipinski definition) is 0. The maximum absolute atomic E-state index is 11.0. The Bertz CT molecular complexity index is 293. The molecule has 0 unspecified atom stereocenters. The van der Waals surface area contributed by atoms with Crippen LogP contribution < -0.4 is 5.43 Å². The van der Waals surface area contributed by atoms with Crippen LogP contribution in [0.1, 0.15) is 25.2 Å². The third-order valence-corrected chi connectivity index (χ3v) is 4.08. The summed E-state index contributed by atoms with van der Waals surface area (Å²) in [5.74, 6) is 0. The first-order chi connectivity index (χ1) is 5.00. The van der Waals surface area contributed by atoms with Crippen molar-refractivity contribution >= 4 is 14.5 Å². The summed E-state index contributed by atoms with van der Waals surface area (Å²) in [7, 11) is 0. The van der Waals surface area contributed by atoms with Gasteiger partial charge in [-0.1, -0.05) is 0 Å². The zero-order valence-electron chi connectivity index (χ0n) is 7.05. The third kappa shape index (κ3) is 2.32. The fourth-order valence-electron chi connectivity index (χ4n) is 0.779. The Kier molecular flexibility index (Phi) is 2.36. The van der Waals surface area contributed by atoms with Gasteiger partial charge in [-0.3, -0.25) is 0 Å². The van der Waals surface area contributed by atoms with Crippen LogP contribution in [-0.2, 0) is 5.41 Å². The molecule has 0 atom stereocenters. The predicted molar refractivity (Wildman–Crippen MR) is 48.4 cm³/mol. The standard InChI is InChI=1S/C9H12OSe/c1-9(2,3)8-6-7(10)4-5-11-8/h4-6H,1-3H3. The van der Waals surface area contributed by atoms with Gasteiger partial charge in [-0.2, -0.15) is 0 Å². The van der Waals surface area contributed by atoms with Gasteiger partial charge in [0.05, 0.1) is 0 Å². The number of hydrogen-bond acceptors (Lipinski definition) is 1. The Morgan fingerprint density at radius 2 is 2.00 bits per heavy atom. The molecule has 1 aromatic rings. The van der Waals surface area contributed by atoms with E-state index in [-0.39, 0.29) is 10.8 Å². The molecule has 0 amide bonds. The van der Waals surface area contributed by atoms with Gasteiger partial charge >= 0.3 is 72.4 Å². The normalized spacial score (nSPS) is 11.5. The average Bonchev–Trinajstić information content (AvgIpc) is 1.86. The first-order valence-corrected chi connectivity index (χ1v) is 5.44. The summed E-state index contributed by atoms with van der Waals surface area (Å²) < 4.78 is 1.29. The first-order valence-electron chi connectivity index (χ1n) is 3.59. The van der Waals surface area contributed by atoms with E-state index in [4.69, 9.17) is 0 Å². The van der Waals surface area contributed by atoms with E-state index < -0.39 is 0 Å². The van der Waals surface area contributed by atoms with Gasteiger partial charge in [0.15, 0.2) is 0 Å². The monoisotopic (exact) mass is 216 g/mol. The van der Waals surface area contributed by atoms with Crippen molar-refractivity contribution in [2.45, 2.75) is 26.2 Å². The zero-order valence-corrected chi connectivity index (χ0v) is 8.76. The Balaban J connectivity index is 3.16. The second-order valence-electron chi connectivity index (χ2n) is 3.58. The second-order valence-corrected chi connectivity index (χ2v) is 5.57. The summed E-state index contributed by atoms with van der Waals surface area (Å²) in [6, 6.07) is 3.44. The summed E-state index contributed by atoms with van der Waals surface area (Å²) in [6.45, 7) is 6.44. The molecule has 0 fully saturated rings. The van der Waals surface area contributed by atoms with Crippen LogP contribution in [0.15, 0.2) is 21.9 Å². The molecule has 0 aliphatic heterocycles. The molecule has 0 radical (unpaired) electrons. The molecule has 0 N–H and O–H groups in total. The molecule has 1 rings (SSSR count). The molecular weight excluding hydrogens is 203 g/mol. The molecule has 60 valence electrons. The molecule has 0 aliphatic carbocycles. The Hall–Kier alpha value is -0.331. The quantitative estimate of drug-likeness (QED) is 0.598. The summed E-state index contributed by atoms with van der Waals surface area (Å²) in [5, 5.41) is 0. The Morgan fingerprint density at radius 3 is 2.36 bits per heavy atom. The van der Waals surface area contributed by atoms with E-state index in [9.17, 15) is 4.79 Å². The van der Waals surface area contributed by atoms with Gasteiger partial charge < -0.3 is 0 Å². The van der Waals surface area contributed by atoms with Crippen molar-refractivity contribution in [3.05, 3.63) is 31.7 Å². The molecule has 1 nitrogen and oxygen atoms in total. The van der Waals surface area contributed by atoms with Crippen LogP contribution in [0.25, 0.3) is 0 Å². The number of rotatable bonds is 0. The van der Waals surface area contributed by atoms with Gasteiger partial charge in [0, 0.05) is 0 Å². The van der Waals surface area contributed by atoms with Crippen LogP contribution in [0.3, 0.4) is 0 Å². The molecule has 0 saturated carbocycles. The minimum absolute atomic E-state index is 0.142.